The molecule has 0 N–H and O–H groups in total. The molecule has 0 bridgehead atoms. The fourth-order valence-corrected chi connectivity index (χ4v) is 2.34. The summed E-state index contributed by atoms with van der Waals surface area (Å²) in [4.78, 5) is 12.2. The average molecular weight is 333 g/mol. The van der Waals surface area contributed by atoms with Crippen LogP contribution in [0.3, 0.4) is 0 Å². The van der Waals surface area contributed by atoms with Gasteiger partial charge in [-0.1, -0.05) is 49.2 Å². The highest BCUT2D eigenvalue weighted by Gasteiger charge is 2.17. The lowest BCUT2D eigenvalue weighted by molar-refractivity contribution is 0.0145. The summed E-state index contributed by atoms with van der Waals surface area (Å²) in [7, 11) is 0. The maximum atomic E-state index is 12.2. The van der Waals surface area contributed by atoms with Crippen LogP contribution in [0.2, 0.25) is 5.02 Å². The molecule has 23 heavy (non-hydrogen) atoms. The van der Waals surface area contributed by atoms with Gasteiger partial charge in [0.1, 0.15) is 18.5 Å². The lowest BCUT2D eigenvalue weighted by atomic mass is 10.1. The van der Waals surface area contributed by atoms with Crippen LogP contribution in [0, 0.1) is 0 Å². The van der Waals surface area contributed by atoms with E-state index in [0.29, 0.717) is 17.2 Å². The maximum absolute atomic E-state index is 12.2. The second-order valence-electron chi connectivity index (χ2n) is 5.30. The van der Waals surface area contributed by atoms with Crippen molar-refractivity contribution < 1.29 is 14.3 Å². The lowest BCUT2D eigenvalue weighted by Crippen LogP contribution is -2.25. The molecule has 0 saturated carbocycles. The zero-order chi connectivity index (χ0) is 16.5. The van der Waals surface area contributed by atoms with E-state index < -0.39 is 0 Å². The largest absolute Gasteiger partial charge is 0.490 e. The molecule has 0 saturated heterocycles. The number of esters is 1. The van der Waals surface area contributed by atoms with E-state index in [4.69, 9.17) is 21.1 Å². The summed E-state index contributed by atoms with van der Waals surface area (Å²) < 4.78 is 11.3. The number of hydrogen-bond donors (Lipinski definition) is 0. The van der Waals surface area contributed by atoms with Crippen LogP contribution in [0.15, 0.2) is 54.6 Å². The Morgan fingerprint density at radius 3 is 2.61 bits per heavy atom. The van der Waals surface area contributed by atoms with Gasteiger partial charge in [0, 0.05) is 5.02 Å². The fraction of sp³-hybridized carbons (Fsp3) is 0.316. The number of carbonyl (C=O) groups is 1. The van der Waals surface area contributed by atoms with Crippen molar-refractivity contribution in [2.75, 3.05) is 6.61 Å². The summed E-state index contributed by atoms with van der Waals surface area (Å²) in [5.41, 5.74) is 0.457. The third-order valence-electron chi connectivity index (χ3n) is 3.39. The number of benzene rings is 2. The van der Waals surface area contributed by atoms with Crippen LogP contribution in [-0.2, 0) is 4.74 Å². The first kappa shape index (κ1) is 17.4. The maximum Gasteiger partial charge on any atom is 0.338 e. The molecule has 0 heterocycles. The molecule has 4 heteroatoms. The Balaban J connectivity index is 1.95. The third-order valence-corrected chi connectivity index (χ3v) is 3.63. The van der Waals surface area contributed by atoms with Crippen molar-refractivity contribution in [3.63, 3.8) is 0 Å². The van der Waals surface area contributed by atoms with Gasteiger partial charge in [-0.3, -0.25) is 0 Å². The van der Waals surface area contributed by atoms with E-state index in [9.17, 15) is 4.79 Å². The monoisotopic (exact) mass is 332 g/mol. The predicted molar refractivity (Wildman–Crippen MR) is 92.1 cm³/mol. The Labute approximate surface area is 142 Å². The second kappa shape index (κ2) is 9.21. The second-order valence-corrected chi connectivity index (χ2v) is 5.74. The summed E-state index contributed by atoms with van der Waals surface area (Å²) in [6.07, 6.45) is 2.51. The van der Waals surface area contributed by atoms with Crippen molar-refractivity contribution >= 4 is 17.6 Å². The average Bonchev–Trinajstić information content (AvgIpc) is 2.58. The molecule has 0 radical (unpaired) electrons. The number of para-hydroxylation sites is 1. The van der Waals surface area contributed by atoms with Crippen LogP contribution in [0.1, 0.15) is 36.5 Å². The van der Waals surface area contributed by atoms with Gasteiger partial charge in [-0.05, 0) is 43.2 Å². The number of halogens is 1. The molecule has 3 nitrogen and oxygen atoms in total. The third kappa shape index (κ3) is 5.95. The summed E-state index contributed by atoms with van der Waals surface area (Å²) in [5.74, 6) is 0.401. The van der Waals surface area contributed by atoms with Crippen molar-refractivity contribution in [2.24, 2.45) is 0 Å². The Morgan fingerprint density at radius 1 is 1.13 bits per heavy atom. The van der Waals surface area contributed by atoms with Crippen LogP contribution >= 0.6 is 11.6 Å². The van der Waals surface area contributed by atoms with Crippen LogP contribution in [-0.4, -0.2) is 18.7 Å². The topological polar surface area (TPSA) is 35.5 Å². The summed E-state index contributed by atoms with van der Waals surface area (Å²) in [6, 6.07) is 16.3. The van der Waals surface area contributed by atoms with Crippen LogP contribution < -0.4 is 4.74 Å². The summed E-state index contributed by atoms with van der Waals surface area (Å²) >= 11 is 5.92. The molecule has 122 valence electrons. The van der Waals surface area contributed by atoms with Gasteiger partial charge in [-0.2, -0.15) is 0 Å². The molecule has 1 unspecified atom stereocenters. The van der Waals surface area contributed by atoms with Crippen molar-refractivity contribution in [3.05, 3.63) is 65.2 Å². The Morgan fingerprint density at radius 2 is 1.91 bits per heavy atom. The predicted octanol–water partition coefficient (Wildman–Crippen LogP) is 5.13. The summed E-state index contributed by atoms with van der Waals surface area (Å²) in [5, 5.41) is 0.519. The number of hydrogen-bond acceptors (Lipinski definition) is 3. The zero-order valence-corrected chi connectivity index (χ0v) is 14.0. The molecule has 0 aliphatic carbocycles. The van der Waals surface area contributed by atoms with Gasteiger partial charge >= 0.3 is 5.97 Å². The van der Waals surface area contributed by atoms with E-state index in [-0.39, 0.29) is 12.1 Å². The van der Waals surface area contributed by atoms with Crippen LogP contribution in [0.5, 0.6) is 5.75 Å². The quantitative estimate of drug-likeness (QED) is 0.628. The van der Waals surface area contributed by atoms with Crippen LogP contribution in [0.25, 0.3) is 0 Å². The molecule has 0 aromatic heterocycles. The number of ether oxygens (including phenoxy) is 2. The molecular formula is C19H21ClO3. The standard InChI is InChI=1S/C19H21ClO3/c1-2-3-10-18(14-22-17-11-5-4-6-12-17)23-19(21)15-8-7-9-16(20)13-15/h4-9,11-13,18H,2-3,10,14H2,1H3. The first-order valence-electron chi connectivity index (χ1n) is 7.83. The zero-order valence-electron chi connectivity index (χ0n) is 13.2. The van der Waals surface area contributed by atoms with E-state index in [1.807, 2.05) is 30.3 Å². The molecule has 0 fully saturated rings. The van der Waals surface area contributed by atoms with Gasteiger partial charge in [-0.25, -0.2) is 4.79 Å². The number of carbonyl (C=O) groups excluding carboxylic acids is 1. The van der Waals surface area contributed by atoms with Gasteiger partial charge in [-0.15, -0.1) is 0 Å². The molecule has 1 atom stereocenters. The first-order valence-corrected chi connectivity index (χ1v) is 8.21. The van der Waals surface area contributed by atoms with Gasteiger partial charge in [0.25, 0.3) is 0 Å². The molecule has 2 aromatic carbocycles. The highest BCUT2D eigenvalue weighted by Crippen LogP contribution is 2.16. The molecule has 2 rings (SSSR count). The minimum atomic E-state index is -0.370. The Kier molecular flexibility index (Phi) is 6.95. The van der Waals surface area contributed by atoms with E-state index in [1.54, 1.807) is 24.3 Å². The Bertz CT molecular complexity index is 613. The van der Waals surface area contributed by atoms with Crippen molar-refractivity contribution in [2.45, 2.75) is 32.3 Å². The van der Waals surface area contributed by atoms with Gasteiger partial charge in [0.15, 0.2) is 0 Å². The van der Waals surface area contributed by atoms with Gasteiger partial charge in [0.2, 0.25) is 0 Å². The highest BCUT2D eigenvalue weighted by molar-refractivity contribution is 6.30. The van der Waals surface area contributed by atoms with Crippen molar-refractivity contribution in [3.8, 4) is 5.75 Å². The van der Waals surface area contributed by atoms with Gasteiger partial charge < -0.3 is 9.47 Å². The molecule has 2 aromatic rings. The minimum absolute atomic E-state index is 0.276. The van der Waals surface area contributed by atoms with Gasteiger partial charge in [0.05, 0.1) is 5.56 Å². The fourth-order valence-electron chi connectivity index (χ4n) is 2.15. The molecular weight excluding hydrogens is 312 g/mol. The molecule has 0 aliphatic rings. The Hall–Kier alpha value is -2.00. The number of rotatable bonds is 8. The number of unbranched alkanes of at least 4 members (excludes halogenated alkanes) is 1. The van der Waals surface area contributed by atoms with Crippen LogP contribution in [0.4, 0.5) is 0 Å². The molecule has 0 spiro atoms. The minimum Gasteiger partial charge on any atom is -0.490 e. The molecule has 0 aliphatic heterocycles. The van der Waals surface area contributed by atoms with Crippen molar-refractivity contribution in [1.82, 2.24) is 0 Å². The van der Waals surface area contributed by atoms with E-state index in [2.05, 4.69) is 6.92 Å². The molecule has 0 amide bonds. The highest BCUT2D eigenvalue weighted by atomic mass is 35.5. The SMILES string of the molecule is CCCCC(COc1ccccc1)OC(=O)c1cccc(Cl)c1. The summed E-state index contributed by atoms with van der Waals surface area (Å²) in [6.45, 7) is 2.45. The van der Waals surface area contributed by atoms with E-state index in [1.165, 1.54) is 0 Å². The first-order chi connectivity index (χ1) is 11.2. The van der Waals surface area contributed by atoms with E-state index >= 15 is 0 Å². The van der Waals surface area contributed by atoms with E-state index in [0.717, 1.165) is 25.0 Å². The normalized spacial score (nSPS) is 11.7. The van der Waals surface area contributed by atoms with Crippen molar-refractivity contribution in [1.29, 1.82) is 0 Å². The smallest absolute Gasteiger partial charge is 0.338 e. The lowest BCUT2D eigenvalue weighted by Gasteiger charge is -2.18.